The van der Waals surface area contributed by atoms with E-state index < -0.39 is 11.6 Å². The van der Waals surface area contributed by atoms with Crippen LogP contribution in [-0.2, 0) is 6.42 Å². The van der Waals surface area contributed by atoms with Gasteiger partial charge in [-0.25, -0.2) is 8.78 Å². The summed E-state index contributed by atoms with van der Waals surface area (Å²) < 4.78 is 32.9. The summed E-state index contributed by atoms with van der Waals surface area (Å²) >= 11 is 0. The lowest BCUT2D eigenvalue weighted by Gasteiger charge is -2.09. The van der Waals surface area contributed by atoms with Crippen molar-refractivity contribution in [2.45, 2.75) is 39.0 Å². The molecule has 0 aliphatic heterocycles. The van der Waals surface area contributed by atoms with Crippen molar-refractivity contribution in [1.82, 2.24) is 0 Å². The van der Waals surface area contributed by atoms with Gasteiger partial charge >= 0.3 is 0 Å². The molecule has 0 heterocycles. The average molecular weight is 431 g/mol. The molecule has 0 aliphatic carbocycles. The third-order valence-corrected chi connectivity index (χ3v) is 5.98. The monoisotopic (exact) mass is 430 g/mol. The van der Waals surface area contributed by atoms with Crippen molar-refractivity contribution >= 4 is 10.8 Å². The number of benzene rings is 4. The zero-order valence-electron chi connectivity index (χ0n) is 18.6. The minimum Gasteiger partial charge on any atom is -0.491 e. The van der Waals surface area contributed by atoms with Crippen LogP contribution >= 0.6 is 0 Å². The van der Waals surface area contributed by atoms with Crippen LogP contribution in [-0.4, -0.2) is 7.11 Å². The molecule has 4 aromatic rings. The predicted octanol–water partition coefficient (Wildman–Crippen LogP) is 8.58. The summed E-state index contributed by atoms with van der Waals surface area (Å²) in [6.07, 6.45) is 6.23. The van der Waals surface area contributed by atoms with E-state index in [0.717, 1.165) is 23.1 Å². The molecular weight excluding hydrogens is 402 g/mol. The Bertz CT molecular complexity index is 1190. The topological polar surface area (TPSA) is 9.23 Å². The Labute approximate surface area is 188 Å². The lowest BCUT2D eigenvalue weighted by Crippen LogP contribution is -1.93. The van der Waals surface area contributed by atoms with Gasteiger partial charge in [0.2, 0.25) is 0 Å². The van der Waals surface area contributed by atoms with Gasteiger partial charge in [-0.1, -0.05) is 80.8 Å². The number of ether oxygens (including phenoxy) is 1. The van der Waals surface area contributed by atoms with Gasteiger partial charge in [0, 0.05) is 0 Å². The van der Waals surface area contributed by atoms with E-state index in [1.807, 2.05) is 24.3 Å². The highest BCUT2D eigenvalue weighted by molar-refractivity contribution is 5.88. The minimum atomic E-state index is -0.703. The van der Waals surface area contributed by atoms with E-state index in [0.29, 0.717) is 5.56 Å². The largest absolute Gasteiger partial charge is 0.491 e. The van der Waals surface area contributed by atoms with Crippen molar-refractivity contribution in [2.24, 2.45) is 0 Å². The van der Waals surface area contributed by atoms with Gasteiger partial charge in [-0.3, -0.25) is 0 Å². The Morgan fingerprint density at radius 1 is 0.625 bits per heavy atom. The fourth-order valence-electron chi connectivity index (χ4n) is 4.16. The standard InChI is InChI=1S/C29H28F2O/c1-3-4-5-6-7-20-8-9-25-17-24(15-14-23(25)16-20)21-10-12-22(13-11-21)26-18-27(30)29(32-2)28(31)19-26/h8-19H,3-7H2,1-2H3. The van der Waals surface area contributed by atoms with E-state index in [2.05, 4.69) is 43.3 Å². The van der Waals surface area contributed by atoms with Crippen molar-refractivity contribution in [3.8, 4) is 28.0 Å². The highest BCUT2D eigenvalue weighted by atomic mass is 19.1. The summed E-state index contributed by atoms with van der Waals surface area (Å²) in [7, 11) is 1.26. The Kier molecular flexibility index (Phi) is 6.84. The second-order valence-corrected chi connectivity index (χ2v) is 8.26. The van der Waals surface area contributed by atoms with Gasteiger partial charge in [0.1, 0.15) is 0 Å². The average Bonchev–Trinajstić information content (AvgIpc) is 2.81. The summed E-state index contributed by atoms with van der Waals surface area (Å²) in [6, 6.07) is 23.6. The number of halogens is 2. The summed E-state index contributed by atoms with van der Waals surface area (Å²) in [4.78, 5) is 0. The van der Waals surface area contributed by atoms with Gasteiger partial charge in [-0.2, -0.15) is 0 Å². The third-order valence-electron chi connectivity index (χ3n) is 5.98. The Hall–Kier alpha value is -3.20. The second-order valence-electron chi connectivity index (χ2n) is 8.26. The first-order valence-corrected chi connectivity index (χ1v) is 11.3. The van der Waals surface area contributed by atoms with Crippen LogP contribution in [0.5, 0.6) is 5.75 Å². The predicted molar refractivity (Wildman–Crippen MR) is 129 cm³/mol. The van der Waals surface area contributed by atoms with E-state index >= 15 is 0 Å². The molecule has 0 amide bonds. The van der Waals surface area contributed by atoms with Crippen LogP contribution in [0.4, 0.5) is 8.78 Å². The fraction of sp³-hybridized carbons (Fsp3) is 0.241. The molecule has 32 heavy (non-hydrogen) atoms. The van der Waals surface area contributed by atoms with Crippen LogP contribution in [0.2, 0.25) is 0 Å². The van der Waals surface area contributed by atoms with Crippen LogP contribution in [0, 0.1) is 11.6 Å². The zero-order chi connectivity index (χ0) is 22.5. The molecule has 0 aliphatic rings. The number of rotatable bonds is 8. The van der Waals surface area contributed by atoms with Crippen molar-refractivity contribution < 1.29 is 13.5 Å². The highest BCUT2D eigenvalue weighted by Gasteiger charge is 2.12. The molecule has 0 N–H and O–H groups in total. The van der Waals surface area contributed by atoms with Gasteiger partial charge in [0.15, 0.2) is 17.4 Å². The zero-order valence-corrected chi connectivity index (χ0v) is 18.6. The number of hydrogen-bond acceptors (Lipinski definition) is 1. The molecule has 0 saturated carbocycles. The smallest absolute Gasteiger partial charge is 0.190 e. The molecule has 0 bridgehead atoms. The molecule has 3 heteroatoms. The van der Waals surface area contributed by atoms with Crippen LogP contribution in [0.1, 0.15) is 38.2 Å². The molecule has 0 saturated heterocycles. The Balaban J connectivity index is 1.54. The molecule has 1 nitrogen and oxygen atoms in total. The SMILES string of the molecule is CCCCCCc1ccc2cc(-c3ccc(-c4cc(F)c(OC)c(F)c4)cc3)ccc2c1. The summed E-state index contributed by atoms with van der Waals surface area (Å²) in [5.74, 6) is -1.76. The number of hydrogen-bond donors (Lipinski definition) is 0. The Morgan fingerprint density at radius 3 is 1.88 bits per heavy atom. The van der Waals surface area contributed by atoms with E-state index in [4.69, 9.17) is 4.74 Å². The molecule has 0 aromatic heterocycles. The first kappa shape index (κ1) is 22.0. The molecular formula is C29H28F2O. The first-order valence-electron chi connectivity index (χ1n) is 11.3. The van der Waals surface area contributed by atoms with E-state index in [9.17, 15) is 8.78 Å². The molecule has 0 atom stereocenters. The van der Waals surface area contributed by atoms with Crippen LogP contribution in [0.25, 0.3) is 33.0 Å². The van der Waals surface area contributed by atoms with Crippen LogP contribution in [0.15, 0.2) is 72.8 Å². The normalized spacial score (nSPS) is 11.1. The van der Waals surface area contributed by atoms with Gasteiger partial charge in [0.25, 0.3) is 0 Å². The van der Waals surface area contributed by atoms with Gasteiger partial charge in [-0.15, -0.1) is 0 Å². The van der Waals surface area contributed by atoms with E-state index in [1.54, 1.807) is 0 Å². The molecule has 4 rings (SSSR count). The van der Waals surface area contributed by atoms with E-state index in [1.165, 1.54) is 61.3 Å². The number of fused-ring (bicyclic) bond motifs is 1. The molecule has 0 fully saturated rings. The van der Waals surface area contributed by atoms with E-state index in [-0.39, 0.29) is 5.75 Å². The molecule has 0 spiro atoms. The van der Waals surface area contributed by atoms with Crippen molar-refractivity contribution in [3.63, 3.8) is 0 Å². The quantitative estimate of drug-likeness (QED) is 0.254. The first-order chi connectivity index (χ1) is 15.6. The summed E-state index contributed by atoms with van der Waals surface area (Å²) in [5.41, 5.74) is 4.81. The Morgan fingerprint density at radius 2 is 1.22 bits per heavy atom. The van der Waals surface area contributed by atoms with Crippen LogP contribution < -0.4 is 4.74 Å². The number of unbranched alkanes of at least 4 members (excludes halogenated alkanes) is 3. The number of aryl methyl sites for hydroxylation is 1. The summed E-state index contributed by atoms with van der Waals surface area (Å²) in [5, 5.41) is 2.46. The lowest BCUT2D eigenvalue weighted by atomic mass is 9.97. The maximum Gasteiger partial charge on any atom is 0.190 e. The maximum atomic E-state index is 14.1. The number of methoxy groups -OCH3 is 1. The van der Waals surface area contributed by atoms with Crippen molar-refractivity contribution in [1.29, 1.82) is 0 Å². The van der Waals surface area contributed by atoms with Crippen molar-refractivity contribution in [3.05, 3.63) is 90.0 Å². The van der Waals surface area contributed by atoms with Gasteiger partial charge < -0.3 is 4.74 Å². The minimum absolute atomic E-state index is 0.356. The van der Waals surface area contributed by atoms with Crippen LogP contribution in [0.3, 0.4) is 0 Å². The lowest BCUT2D eigenvalue weighted by molar-refractivity contribution is 0.360. The summed E-state index contributed by atoms with van der Waals surface area (Å²) in [6.45, 7) is 2.24. The fourth-order valence-corrected chi connectivity index (χ4v) is 4.16. The second kappa shape index (κ2) is 9.95. The van der Waals surface area contributed by atoms with Gasteiger partial charge in [0.05, 0.1) is 7.11 Å². The third kappa shape index (κ3) is 4.83. The maximum absolute atomic E-state index is 14.1. The van der Waals surface area contributed by atoms with Crippen molar-refractivity contribution in [2.75, 3.05) is 7.11 Å². The molecule has 0 unspecified atom stereocenters. The van der Waals surface area contributed by atoms with Gasteiger partial charge in [-0.05, 0) is 69.6 Å². The molecule has 164 valence electrons. The molecule has 0 radical (unpaired) electrons. The highest BCUT2D eigenvalue weighted by Crippen LogP contribution is 2.31. The molecule has 4 aromatic carbocycles.